The number of aromatic nitrogens is 2. The summed E-state index contributed by atoms with van der Waals surface area (Å²) < 4.78 is 0. The highest BCUT2D eigenvalue weighted by atomic mass is 15.2. The van der Waals surface area contributed by atoms with E-state index >= 15 is 0 Å². The lowest BCUT2D eigenvalue weighted by atomic mass is 10.1. The van der Waals surface area contributed by atoms with E-state index in [1.54, 1.807) is 0 Å². The third-order valence-electron chi connectivity index (χ3n) is 3.53. The molecule has 4 nitrogen and oxygen atoms in total. The average Bonchev–Trinajstić information content (AvgIpc) is 2.44. The average molecular weight is 284 g/mol. The highest BCUT2D eigenvalue weighted by molar-refractivity contribution is 5.58. The fourth-order valence-corrected chi connectivity index (χ4v) is 2.33. The van der Waals surface area contributed by atoms with Gasteiger partial charge in [-0.3, -0.25) is 0 Å². The Labute approximate surface area is 127 Å². The molecule has 0 saturated heterocycles. The Kier molecular flexibility index (Phi) is 4.91. The van der Waals surface area contributed by atoms with Gasteiger partial charge >= 0.3 is 0 Å². The predicted molar refractivity (Wildman–Crippen MR) is 88.1 cm³/mol. The lowest BCUT2D eigenvalue weighted by Crippen LogP contribution is -2.17. The number of anilines is 2. The van der Waals surface area contributed by atoms with Crippen LogP contribution in [0.25, 0.3) is 0 Å². The zero-order valence-corrected chi connectivity index (χ0v) is 13.6. The zero-order valence-electron chi connectivity index (χ0n) is 13.6. The van der Waals surface area contributed by atoms with E-state index in [0.29, 0.717) is 0 Å². The Morgan fingerprint density at radius 1 is 1.10 bits per heavy atom. The van der Waals surface area contributed by atoms with Gasteiger partial charge in [0.1, 0.15) is 0 Å². The first-order chi connectivity index (χ1) is 10.0. The maximum atomic E-state index is 4.64. The van der Waals surface area contributed by atoms with Crippen molar-refractivity contribution in [2.24, 2.45) is 0 Å². The van der Waals surface area contributed by atoms with Crippen LogP contribution in [0, 0.1) is 20.8 Å². The minimum absolute atomic E-state index is 0.734. The van der Waals surface area contributed by atoms with Crippen LogP contribution in [0.3, 0.4) is 0 Å². The van der Waals surface area contributed by atoms with E-state index in [2.05, 4.69) is 54.3 Å². The van der Waals surface area contributed by atoms with Crippen molar-refractivity contribution in [3.63, 3.8) is 0 Å². The highest BCUT2D eigenvalue weighted by Gasteiger charge is 2.10. The predicted octanol–water partition coefficient (Wildman–Crippen LogP) is 3.28. The summed E-state index contributed by atoms with van der Waals surface area (Å²) in [7, 11) is 2.01. The van der Waals surface area contributed by atoms with Crippen molar-refractivity contribution >= 4 is 11.6 Å². The lowest BCUT2D eigenvalue weighted by Gasteiger charge is -2.19. The summed E-state index contributed by atoms with van der Waals surface area (Å²) in [5.41, 5.74) is 5.78. The molecule has 4 heteroatoms. The molecule has 0 amide bonds. The topological polar surface area (TPSA) is 41.1 Å². The molecule has 1 N–H and O–H groups in total. The third-order valence-corrected chi connectivity index (χ3v) is 3.53. The summed E-state index contributed by atoms with van der Waals surface area (Å²) in [6.45, 7) is 10.1. The Balaban J connectivity index is 2.26. The van der Waals surface area contributed by atoms with E-state index < -0.39 is 0 Å². The van der Waals surface area contributed by atoms with Crippen LogP contribution < -0.4 is 10.2 Å². The van der Waals surface area contributed by atoms with Crippen molar-refractivity contribution in [1.82, 2.24) is 15.3 Å². The SMILES string of the molecule is CCNCc1cnc(N(C)c2cc(C)cc(C)c2)nc1C. The fourth-order valence-electron chi connectivity index (χ4n) is 2.33. The molecule has 1 heterocycles. The highest BCUT2D eigenvalue weighted by Crippen LogP contribution is 2.23. The second-order valence-corrected chi connectivity index (χ2v) is 5.47. The number of benzene rings is 1. The summed E-state index contributed by atoms with van der Waals surface area (Å²) in [4.78, 5) is 11.2. The number of aryl methyl sites for hydroxylation is 3. The number of nitrogens with zero attached hydrogens (tertiary/aromatic N) is 3. The molecule has 0 radical (unpaired) electrons. The monoisotopic (exact) mass is 284 g/mol. The van der Waals surface area contributed by atoms with Gasteiger partial charge in [0.05, 0.1) is 0 Å². The van der Waals surface area contributed by atoms with Crippen LogP contribution in [0.1, 0.15) is 29.3 Å². The van der Waals surface area contributed by atoms with E-state index in [4.69, 9.17) is 0 Å². The molecule has 0 aliphatic rings. The van der Waals surface area contributed by atoms with E-state index in [1.807, 2.05) is 25.1 Å². The summed E-state index contributed by atoms with van der Waals surface area (Å²) >= 11 is 0. The number of nitrogens with one attached hydrogen (secondary N) is 1. The zero-order chi connectivity index (χ0) is 15.4. The van der Waals surface area contributed by atoms with Crippen LogP contribution in [-0.4, -0.2) is 23.6 Å². The Hall–Kier alpha value is -1.94. The van der Waals surface area contributed by atoms with Crippen LogP contribution >= 0.6 is 0 Å². The van der Waals surface area contributed by atoms with Gasteiger partial charge in [-0.05, 0) is 50.6 Å². The molecule has 2 aromatic rings. The molecule has 0 aliphatic carbocycles. The maximum Gasteiger partial charge on any atom is 0.229 e. The van der Waals surface area contributed by atoms with Gasteiger partial charge in [-0.1, -0.05) is 13.0 Å². The molecule has 112 valence electrons. The van der Waals surface area contributed by atoms with Crippen LogP contribution in [0.2, 0.25) is 0 Å². The van der Waals surface area contributed by atoms with Crippen LogP contribution in [0.5, 0.6) is 0 Å². The Bertz CT molecular complexity index is 602. The molecule has 0 atom stereocenters. The smallest absolute Gasteiger partial charge is 0.229 e. The van der Waals surface area contributed by atoms with Gasteiger partial charge in [0.2, 0.25) is 5.95 Å². The van der Waals surface area contributed by atoms with Gasteiger partial charge in [-0.15, -0.1) is 0 Å². The summed E-state index contributed by atoms with van der Waals surface area (Å²) in [5.74, 6) is 0.734. The molecule has 0 fully saturated rings. The van der Waals surface area contributed by atoms with Crippen LogP contribution in [0.4, 0.5) is 11.6 Å². The van der Waals surface area contributed by atoms with Gasteiger partial charge in [-0.25, -0.2) is 9.97 Å². The first-order valence-corrected chi connectivity index (χ1v) is 7.36. The number of rotatable bonds is 5. The lowest BCUT2D eigenvalue weighted by molar-refractivity contribution is 0.715. The van der Waals surface area contributed by atoms with Gasteiger partial charge in [0.15, 0.2) is 0 Å². The first kappa shape index (κ1) is 15.4. The third kappa shape index (κ3) is 3.79. The van der Waals surface area contributed by atoms with E-state index in [-0.39, 0.29) is 0 Å². The second kappa shape index (κ2) is 6.68. The van der Waals surface area contributed by atoms with Crippen LogP contribution in [0.15, 0.2) is 24.4 Å². The first-order valence-electron chi connectivity index (χ1n) is 7.36. The summed E-state index contributed by atoms with van der Waals surface area (Å²) in [6, 6.07) is 6.47. The molecule has 0 unspecified atom stereocenters. The van der Waals surface area contributed by atoms with Gasteiger partial charge in [0.25, 0.3) is 0 Å². The van der Waals surface area contributed by atoms with E-state index in [9.17, 15) is 0 Å². The maximum absolute atomic E-state index is 4.64. The Morgan fingerprint density at radius 3 is 2.33 bits per heavy atom. The van der Waals surface area contributed by atoms with Gasteiger partial charge in [-0.2, -0.15) is 0 Å². The van der Waals surface area contributed by atoms with Crippen molar-refractivity contribution in [2.45, 2.75) is 34.2 Å². The summed E-state index contributed by atoms with van der Waals surface area (Å²) in [5, 5.41) is 3.31. The largest absolute Gasteiger partial charge is 0.314 e. The molecule has 2 rings (SSSR count). The molecule has 1 aromatic heterocycles. The quantitative estimate of drug-likeness (QED) is 0.915. The van der Waals surface area contributed by atoms with Crippen molar-refractivity contribution in [3.05, 3.63) is 46.8 Å². The molecule has 0 aliphatic heterocycles. The van der Waals surface area contributed by atoms with Gasteiger partial charge < -0.3 is 10.2 Å². The molecule has 21 heavy (non-hydrogen) atoms. The number of hydrogen-bond acceptors (Lipinski definition) is 4. The van der Waals surface area contributed by atoms with Crippen molar-refractivity contribution < 1.29 is 0 Å². The minimum atomic E-state index is 0.734. The standard InChI is InChI=1S/C17H24N4/c1-6-18-10-15-11-19-17(20-14(15)4)21(5)16-8-12(2)7-13(3)9-16/h7-9,11,18H,6,10H2,1-5H3. The van der Waals surface area contributed by atoms with E-state index in [1.165, 1.54) is 11.1 Å². The molecular formula is C17H24N4. The summed E-state index contributed by atoms with van der Waals surface area (Å²) in [6.07, 6.45) is 1.92. The molecular weight excluding hydrogens is 260 g/mol. The van der Waals surface area contributed by atoms with Crippen molar-refractivity contribution in [3.8, 4) is 0 Å². The molecule has 0 saturated carbocycles. The minimum Gasteiger partial charge on any atom is -0.314 e. The van der Waals surface area contributed by atoms with Crippen molar-refractivity contribution in [2.75, 3.05) is 18.5 Å². The van der Waals surface area contributed by atoms with Gasteiger partial charge in [0, 0.05) is 36.7 Å². The normalized spacial score (nSPS) is 10.7. The van der Waals surface area contributed by atoms with E-state index in [0.717, 1.165) is 36.0 Å². The second-order valence-electron chi connectivity index (χ2n) is 5.47. The molecule has 0 bridgehead atoms. The van der Waals surface area contributed by atoms with Crippen molar-refractivity contribution in [1.29, 1.82) is 0 Å². The fraction of sp³-hybridized carbons (Fsp3) is 0.412. The number of hydrogen-bond donors (Lipinski definition) is 1. The molecule has 0 spiro atoms. The Morgan fingerprint density at radius 2 is 1.76 bits per heavy atom. The molecule has 1 aromatic carbocycles. The van der Waals surface area contributed by atoms with Crippen LogP contribution in [-0.2, 0) is 6.54 Å².